The first kappa shape index (κ1) is 28.3. The highest BCUT2D eigenvalue weighted by atomic mass is 16.2. The van der Waals surface area contributed by atoms with Gasteiger partial charge in [-0.05, 0) is 44.2 Å². The molecule has 0 radical (unpaired) electrons. The van der Waals surface area contributed by atoms with E-state index in [1.165, 1.54) is 101 Å². The third kappa shape index (κ3) is 12.5. The number of hydrogen-bond donors (Lipinski definition) is 0. The molecule has 0 fully saturated rings. The molecule has 0 N–H and O–H groups in total. The summed E-state index contributed by atoms with van der Waals surface area (Å²) in [5.41, 5.74) is 1.58. The zero-order valence-electron chi connectivity index (χ0n) is 21.9. The molecule has 0 saturated carbocycles. The van der Waals surface area contributed by atoms with Crippen LogP contribution in [0, 0.1) is 0 Å². The van der Waals surface area contributed by atoms with Crippen molar-refractivity contribution in [2.75, 3.05) is 0 Å². The van der Waals surface area contributed by atoms with Crippen molar-refractivity contribution in [1.29, 1.82) is 0 Å². The van der Waals surface area contributed by atoms with Gasteiger partial charge in [0, 0.05) is 6.42 Å². The Morgan fingerprint density at radius 2 is 1.21 bits per heavy atom. The second-order valence-electron chi connectivity index (χ2n) is 9.84. The number of para-hydroxylation sites is 1. The molecular weight excluding hydrogens is 418 g/mol. The molecule has 4 nitrogen and oxygen atoms in total. The van der Waals surface area contributed by atoms with Gasteiger partial charge in [0.05, 0.1) is 5.52 Å². The summed E-state index contributed by atoms with van der Waals surface area (Å²) in [6.45, 7) is 2.29. The molecule has 1 heterocycles. The molecule has 0 bridgehead atoms. The van der Waals surface area contributed by atoms with Crippen molar-refractivity contribution in [2.45, 2.75) is 135 Å². The molecule has 0 amide bonds. The monoisotopic (exact) mass is 467 g/mol. The Morgan fingerprint density at radius 3 is 1.79 bits per heavy atom. The number of rotatable bonds is 21. The number of fused-ring (bicyclic) bond motifs is 1. The van der Waals surface area contributed by atoms with Gasteiger partial charge in [0.25, 0.3) is 0 Å². The van der Waals surface area contributed by atoms with Crippen LogP contribution in [0.2, 0.25) is 0 Å². The van der Waals surface area contributed by atoms with E-state index in [2.05, 4.69) is 29.4 Å². The highest BCUT2D eigenvalue weighted by molar-refractivity contribution is 5.88. The van der Waals surface area contributed by atoms with Crippen LogP contribution in [0.15, 0.2) is 36.4 Å². The first-order chi connectivity index (χ1) is 16.8. The fraction of sp³-hybridized carbons (Fsp3) is 0.700. The molecule has 4 heteroatoms. The minimum absolute atomic E-state index is 0.0436. The lowest BCUT2D eigenvalue weighted by atomic mass is 10.0. The molecule has 0 spiro atoms. The van der Waals surface area contributed by atoms with Crippen LogP contribution in [0.5, 0.6) is 0 Å². The van der Waals surface area contributed by atoms with Gasteiger partial charge in [-0.1, -0.05) is 126 Å². The van der Waals surface area contributed by atoms with Crippen molar-refractivity contribution < 1.29 is 4.79 Å². The summed E-state index contributed by atoms with van der Waals surface area (Å²) in [5.74, 6) is 0.0436. The molecule has 34 heavy (non-hydrogen) atoms. The summed E-state index contributed by atoms with van der Waals surface area (Å²) in [4.78, 5) is 12.4. The number of hydrogen-bond acceptors (Lipinski definition) is 3. The van der Waals surface area contributed by atoms with Crippen molar-refractivity contribution in [2.24, 2.45) is 0 Å². The van der Waals surface area contributed by atoms with Crippen molar-refractivity contribution >= 4 is 16.9 Å². The third-order valence-corrected chi connectivity index (χ3v) is 6.74. The van der Waals surface area contributed by atoms with E-state index in [0.29, 0.717) is 6.42 Å². The molecule has 0 unspecified atom stereocenters. The maximum atomic E-state index is 12.4. The van der Waals surface area contributed by atoms with Crippen LogP contribution in [0.1, 0.15) is 140 Å². The molecule has 0 saturated heterocycles. The molecular formula is C30H49N3O. The third-order valence-electron chi connectivity index (χ3n) is 6.74. The highest BCUT2D eigenvalue weighted by Crippen LogP contribution is 2.14. The second-order valence-corrected chi connectivity index (χ2v) is 9.84. The van der Waals surface area contributed by atoms with Gasteiger partial charge in [0.15, 0.2) is 0 Å². The summed E-state index contributed by atoms with van der Waals surface area (Å²) < 4.78 is 1.45. The Balaban J connectivity index is 1.32. The van der Waals surface area contributed by atoms with E-state index in [-0.39, 0.29) is 5.91 Å². The smallest absolute Gasteiger partial charge is 0.248 e. The van der Waals surface area contributed by atoms with Crippen LogP contribution >= 0.6 is 0 Å². The predicted molar refractivity (Wildman–Crippen MR) is 145 cm³/mol. The van der Waals surface area contributed by atoms with Gasteiger partial charge >= 0.3 is 0 Å². The van der Waals surface area contributed by atoms with E-state index in [9.17, 15) is 4.79 Å². The van der Waals surface area contributed by atoms with Gasteiger partial charge in [-0.15, -0.1) is 5.10 Å². The Labute approximate surface area is 208 Å². The SMILES string of the molecule is CCCCCCCCCCCCCCCC/C=C/CCCCCC(=O)n1nnc2ccccc21. The molecule has 1 aromatic heterocycles. The van der Waals surface area contributed by atoms with E-state index < -0.39 is 0 Å². The molecule has 190 valence electrons. The molecule has 2 aromatic rings. The van der Waals surface area contributed by atoms with Crippen molar-refractivity contribution in [3.05, 3.63) is 36.4 Å². The first-order valence-corrected chi connectivity index (χ1v) is 14.3. The Kier molecular flexibility index (Phi) is 16.1. The zero-order chi connectivity index (χ0) is 24.1. The van der Waals surface area contributed by atoms with E-state index >= 15 is 0 Å². The van der Waals surface area contributed by atoms with Crippen molar-refractivity contribution in [3.8, 4) is 0 Å². The number of carbonyl (C=O) groups excluding carboxylic acids is 1. The topological polar surface area (TPSA) is 47.8 Å². The summed E-state index contributed by atoms with van der Waals surface area (Å²) in [6.07, 6.45) is 30.6. The Hall–Kier alpha value is -1.97. The van der Waals surface area contributed by atoms with Crippen LogP contribution < -0.4 is 0 Å². The summed E-state index contributed by atoms with van der Waals surface area (Å²) in [6, 6.07) is 7.62. The standard InChI is InChI=1S/C30H49N3O/c1-2-3-4-5-6-7-8-9-10-11-12-13-14-15-16-17-18-19-20-21-22-27-30(34)33-29-26-24-23-25-28(29)31-32-33/h17-18,23-26H,2-16,19-22,27H2,1H3/b18-17+. The van der Waals surface area contributed by atoms with Gasteiger partial charge in [-0.25, -0.2) is 0 Å². The number of unbranched alkanes of at least 4 members (excludes halogenated alkanes) is 17. The predicted octanol–water partition coefficient (Wildman–Crippen LogP) is 9.45. The lowest BCUT2D eigenvalue weighted by Crippen LogP contribution is -2.12. The van der Waals surface area contributed by atoms with Gasteiger partial charge in [-0.3, -0.25) is 4.79 Å². The van der Waals surface area contributed by atoms with Gasteiger partial charge in [-0.2, -0.15) is 4.68 Å². The minimum atomic E-state index is 0.0436. The average Bonchev–Trinajstić information content (AvgIpc) is 3.29. The first-order valence-electron chi connectivity index (χ1n) is 14.3. The Bertz CT molecular complexity index is 795. The average molecular weight is 468 g/mol. The molecule has 2 rings (SSSR count). The maximum absolute atomic E-state index is 12.4. The van der Waals surface area contributed by atoms with Crippen LogP contribution in [0.25, 0.3) is 11.0 Å². The fourth-order valence-electron chi connectivity index (χ4n) is 4.57. The van der Waals surface area contributed by atoms with Gasteiger partial charge < -0.3 is 0 Å². The Morgan fingerprint density at radius 1 is 0.706 bits per heavy atom. The molecule has 0 aliphatic rings. The van der Waals surface area contributed by atoms with Gasteiger partial charge in [0.1, 0.15) is 5.52 Å². The summed E-state index contributed by atoms with van der Waals surface area (Å²) >= 11 is 0. The molecule has 0 aliphatic heterocycles. The largest absolute Gasteiger partial charge is 0.273 e. The van der Waals surface area contributed by atoms with Crippen molar-refractivity contribution in [1.82, 2.24) is 15.0 Å². The number of benzene rings is 1. The number of allylic oxidation sites excluding steroid dienone is 2. The second kappa shape index (κ2) is 19.3. The number of nitrogens with zero attached hydrogens (tertiary/aromatic N) is 3. The number of carbonyl (C=O) groups is 1. The van der Waals surface area contributed by atoms with Gasteiger partial charge in [0.2, 0.25) is 5.91 Å². The minimum Gasteiger partial charge on any atom is -0.273 e. The maximum Gasteiger partial charge on any atom is 0.248 e. The van der Waals surface area contributed by atoms with Crippen LogP contribution in [0.4, 0.5) is 0 Å². The zero-order valence-corrected chi connectivity index (χ0v) is 21.9. The molecule has 1 aromatic carbocycles. The van der Waals surface area contributed by atoms with Crippen LogP contribution in [0.3, 0.4) is 0 Å². The van der Waals surface area contributed by atoms with E-state index in [1.807, 2.05) is 24.3 Å². The lowest BCUT2D eigenvalue weighted by molar-refractivity contribution is 0.0886. The van der Waals surface area contributed by atoms with Crippen molar-refractivity contribution in [3.63, 3.8) is 0 Å². The molecule has 0 aliphatic carbocycles. The highest BCUT2D eigenvalue weighted by Gasteiger charge is 2.10. The quantitative estimate of drug-likeness (QED) is 0.136. The van der Waals surface area contributed by atoms with Crippen LogP contribution in [-0.4, -0.2) is 20.9 Å². The van der Waals surface area contributed by atoms with E-state index in [4.69, 9.17) is 0 Å². The number of aromatic nitrogens is 3. The van der Waals surface area contributed by atoms with E-state index in [0.717, 1.165) is 36.7 Å². The fourth-order valence-corrected chi connectivity index (χ4v) is 4.57. The van der Waals surface area contributed by atoms with E-state index in [1.54, 1.807) is 0 Å². The summed E-state index contributed by atoms with van der Waals surface area (Å²) in [7, 11) is 0. The molecule has 0 atom stereocenters. The lowest BCUT2D eigenvalue weighted by Gasteiger charge is -2.03. The van der Waals surface area contributed by atoms with Crippen LogP contribution in [-0.2, 0) is 0 Å². The normalized spacial score (nSPS) is 11.7. The summed E-state index contributed by atoms with van der Waals surface area (Å²) in [5, 5.41) is 8.07.